The SMILES string of the molecule is Cc1cccc(C=CC(=O)c2c(O)c(Br)c(C)n(C)c2=O)c1. The van der Waals surface area contributed by atoms with Gasteiger partial charge in [-0.1, -0.05) is 35.9 Å². The van der Waals surface area contributed by atoms with Crippen LogP contribution in [-0.2, 0) is 7.05 Å². The fourth-order valence-electron chi connectivity index (χ4n) is 2.10. The number of benzene rings is 1. The van der Waals surface area contributed by atoms with E-state index >= 15 is 0 Å². The molecule has 0 spiro atoms. The van der Waals surface area contributed by atoms with E-state index in [1.165, 1.54) is 10.6 Å². The van der Waals surface area contributed by atoms with E-state index in [-0.39, 0.29) is 11.3 Å². The molecule has 1 N–H and O–H groups in total. The van der Waals surface area contributed by atoms with E-state index in [1.807, 2.05) is 31.2 Å². The lowest BCUT2D eigenvalue weighted by molar-refractivity contribution is 0.104. The second-order valence-corrected chi connectivity index (χ2v) is 5.89. The first-order valence-corrected chi connectivity index (χ1v) is 7.49. The third-order valence-corrected chi connectivity index (χ3v) is 4.45. The van der Waals surface area contributed by atoms with E-state index in [4.69, 9.17) is 0 Å². The van der Waals surface area contributed by atoms with Gasteiger partial charge < -0.3 is 9.67 Å². The van der Waals surface area contributed by atoms with Crippen LogP contribution in [0.4, 0.5) is 0 Å². The van der Waals surface area contributed by atoms with Crippen LogP contribution < -0.4 is 5.56 Å². The van der Waals surface area contributed by atoms with E-state index in [2.05, 4.69) is 15.9 Å². The van der Waals surface area contributed by atoms with Crippen molar-refractivity contribution in [3.63, 3.8) is 0 Å². The van der Waals surface area contributed by atoms with Gasteiger partial charge in [0.25, 0.3) is 5.56 Å². The van der Waals surface area contributed by atoms with Crippen molar-refractivity contribution in [1.82, 2.24) is 4.57 Å². The predicted octanol–water partition coefficient (Wildman–Crippen LogP) is 3.37. The fourth-order valence-corrected chi connectivity index (χ4v) is 2.57. The number of nitrogens with zero attached hydrogens (tertiary/aromatic N) is 1. The van der Waals surface area contributed by atoms with Crippen LogP contribution in [-0.4, -0.2) is 15.5 Å². The smallest absolute Gasteiger partial charge is 0.265 e. The number of aryl methyl sites for hydroxylation is 1. The lowest BCUT2D eigenvalue weighted by Gasteiger charge is -2.10. The molecule has 2 rings (SSSR count). The lowest BCUT2D eigenvalue weighted by atomic mass is 10.1. The monoisotopic (exact) mass is 361 g/mol. The molecule has 22 heavy (non-hydrogen) atoms. The molecule has 0 saturated heterocycles. The summed E-state index contributed by atoms with van der Waals surface area (Å²) < 4.78 is 1.68. The van der Waals surface area contributed by atoms with Crippen LogP contribution in [0.1, 0.15) is 27.2 Å². The van der Waals surface area contributed by atoms with Gasteiger partial charge in [0.15, 0.2) is 5.78 Å². The van der Waals surface area contributed by atoms with Crippen molar-refractivity contribution in [2.45, 2.75) is 13.8 Å². The minimum Gasteiger partial charge on any atom is -0.506 e. The highest BCUT2D eigenvalue weighted by atomic mass is 79.9. The summed E-state index contributed by atoms with van der Waals surface area (Å²) in [6, 6.07) is 7.63. The molecule has 0 bridgehead atoms. The largest absolute Gasteiger partial charge is 0.506 e. The molecule has 0 fully saturated rings. The molecule has 0 saturated carbocycles. The van der Waals surface area contributed by atoms with Crippen LogP contribution in [0.2, 0.25) is 0 Å². The van der Waals surface area contributed by atoms with Gasteiger partial charge in [-0.05, 0) is 41.4 Å². The predicted molar refractivity (Wildman–Crippen MR) is 90.3 cm³/mol. The number of ketones is 1. The molecule has 2 aromatic rings. The van der Waals surface area contributed by atoms with Crippen molar-refractivity contribution in [3.8, 4) is 5.75 Å². The molecule has 0 radical (unpaired) electrons. The quantitative estimate of drug-likeness (QED) is 0.673. The maximum Gasteiger partial charge on any atom is 0.265 e. The topological polar surface area (TPSA) is 59.3 Å². The summed E-state index contributed by atoms with van der Waals surface area (Å²) in [7, 11) is 1.56. The van der Waals surface area contributed by atoms with Gasteiger partial charge in [-0.15, -0.1) is 0 Å². The number of carbonyl (C=O) groups is 1. The Bertz CT molecular complexity index is 835. The van der Waals surface area contributed by atoms with E-state index in [0.717, 1.165) is 11.1 Å². The van der Waals surface area contributed by atoms with Crippen LogP contribution >= 0.6 is 15.9 Å². The second kappa shape index (κ2) is 6.32. The molecule has 0 aliphatic heterocycles. The number of hydrogen-bond donors (Lipinski definition) is 1. The summed E-state index contributed by atoms with van der Waals surface area (Å²) in [6.45, 7) is 3.64. The zero-order valence-corrected chi connectivity index (χ0v) is 14.1. The summed E-state index contributed by atoms with van der Waals surface area (Å²) in [5.74, 6) is -0.847. The van der Waals surface area contributed by atoms with Crippen molar-refractivity contribution >= 4 is 27.8 Å². The molecule has 114 valence electrons. The van der Waals surface area contributed by atoms with Gasteiger partial charge in [-0.25, -0.2) is 0 Å². The van der Waals surface area contributed by atoms with Gasteiger partial charge in [0.05, 0.1) is 4.47 Å². The van der Waals surface area contributed by atoms with Crippen molar-refractivity contribution < 1.29 is 9.90 Å². The maximum atomic E-state index is 12.3. The Hall–Kier alpha value is -2.14. The molecule has 4 nitrogen and oxygen atoms in total. The van der Waals surface area contributed by atoms with Gasteiger partial charge in [0.1, 0.15) is 11.3 Å². The highest BCUT2D eigenvalue weighted by Gasteiger charge is 2.20. The third kappa shape index (κ3) is 3.04. The van der Waals surface area contributed by atoms with Crippen molar-refractivity contribution in [1.29, 1.82) is 0 Å². The molecule has 1 aromatic heterocycles. The van der Waals surface area contributed by atoms with Crippen LogP contribution in [0.15, 0.2) is 39.6 Å². The number of carbonyl (C=O) groups excluding carboxylic acids is 1. The molecule has 1 heterocycles. The number of allylic oxidation sites excluding steroid dienone is 1. The van der Waals surface area contributed by atoms with Crippen molar-refractivity contribution in [2.24, 2.45) is 7.05 Å². The summed E-state index contributed by atoms with van der Waals surface area (Å²) in [6.07, 6.45) is 2.93. The minimum atomic E-state index is -0.527. The number of halogens is 1. The summed E-state index contributed by atoms with van der Waals surface area (Å²) in [5.41, 5.74) is 1.74. The first kappa shape index (κ1) is 16.2. The molecular weight excluding hydrogens is 346 g/mol. The first-order chi connectivity index (χ1) is 10.3. The van der Waals surface area contributed by atoms with E-state index in [1.54, 1.807) is 20.0 Å². The average Bonchev–Trinajstić information content (AvgIpc) is 2.49. The number of rotatable bonds is 3. The van der Waals surface area contributed by atoms with Gasteiger partial charge in [-0.2, -0.15) is 0 Å². The van der Waals surface area contributed by atoms with Crippen LogP contribution in [0.5, 0.6) is 5.75 Å². The first-order valence-electron chi connectivity index (χ1n) is 6.70. The van der Waals surface area contributed by atoms with Gasteiger partial charge >= 0.3 is 0 Å². The van der Waals surface area contributed by atoms with Gasteiger partial charge in [0, 0.05) is 12.7 Å². The minimum absolute atomic E-state index is 0.233. The van der Waals surface area contributed by atoms with E-state index in [9.17, 15) is 14.7 Å². The molecule has 0 aliphatic rings. The Balaban J connectivity index is 2.45. The van der Waals surface area contributed by atoms with Crippen molar-refractivity contribution in [2.75, 3.05) is 0 Å². The zero-order chi connectivity index (χ0) is 16.4. The normalized spacial score (nSPS) is 11.1. The molecule has 0 unspecified atom stereocenters. The molecular formula is C17H16BrNO3. The summed E-state index contributed by atoms with van der Waals surface area (Å²) in [5, 5.41) is 10.1. The number of pyridine rings is 1. The van der Waals surface area contributed by atoms with Crippen LogP contribution in [0.25, 0.3) is 6.08 Å². The number of aromatic nitrogens is 1. The fraction of sp³-hybridized carbons (Fsp3) is 0.176. The highest BCUT2D eigenvalue weighted by molar-refractivity contribution is 9.10. The summed E-state index contributed by atoms with van der Waals surface area (Å²) >= 11 is 3.20. The summed E-state index contributed by atoms with van der Waals surface area (Å²) in [4.78, 5) is 24.5. The van der Waals surface area contributed by atoms with Crippen LogP contribution in [0.3, 0.4) is 0 Å². The number of aromatic hydroxyl groups is 1. The zero-order valence-electron chi connectivity index (χ0n) is 12.6. The van der Waals surface area contributed by atoms with E-state index in [0.29, 0.717) is 10.2 Å². The molecule has 5 heteroatoms. The Morgan fingerprint density at radius 3 is 2.64 bits per heavy atom. The van der Waals surface area contributed by atoms with Gasteiger partial charge in [-0.3, -0.25) is 9.59 Å². The maximum absolute atomic E-state index is 12.3. The van der Waals surface area contributed by atoms with Gasteiger partial charge in [0.2, 0.25) is 0 Å². The molecule has 1 aromatic carbocycles. The Kier molecular flexibility index (Phi) is 4.66. The Morgan fingerprint density at radius 2 is 2.00 bits per heavy atom. The molecule has 0 aliphatic carbocycles. The van der Waals surface area contributed by atoms with E-state index < -0.39 is 11.3 Å². The second-order valence-electron chi connectivity index (χ2n) is 5.10. The Morgan fingerprint density at radius 1 is 1.32 bits per heavy atom. The highest BCUT2D eigenvalue weighted by Crippen LogP contribution is 2.28. The standard InChI is InChI=1S/C17H16BrNO3/c1-10-5-4-6-12(9-10)7-8-13(20)14-16(21)15(18)11(2)19(3)17(14)22/h4-9,21H,1-3H3. The third-order valence-electron chi connectivity index (χ3n) is 3.50. The molecule has 0 amide bonds. The average molecular weight is 362 g/mol. The lowest BCUT2D eigenvalue weighted by Crippen LogP contribution is -2.25. The number of hydrogen-bond acceptors (Lipinski definition) is 3. The van der Waals surface area contributed by atoms with Crippen molar-refractivity contribution in [3.05, 3.63) is 67.6 Å². The van der Waals surface area contributed by atoms with Crippen LogP contribution in [0, 0.1) is 13.8 Å². The molecule has 0 atom stereocenters. The Labute approximate surface area is 136 Å².